The molecule has 0 spiro atoms. The molecule has 1 atom stereocenters. The van der Waals surface area contributed by atoms with Crippen LogP contribution in [0.4, 0.5) is 0 Å². The minimum Gasteiger partial charge on any atom is -0.393 e. The van der Waals surface area contributed by atoms with Crippen LogP contribution >= 0.6 is 12.2 Å². The van der Waals surface area contributed by atoms with Crippen molar-refractivity contribution in [3.05, 3.63) is 35.4 Å². The summed E-state index contributed by atoms with van der Waals surface area (Å²) in [6.07, 6.45) is 1.48. The summed E-state index contributed by atoms with van der Waals surface area (Å²) in [7, 11) is 0. The molecule has 104 valence electrons. The average Bonchev–Trinajstić information content (AvgIpc) is 2.38. The van der Waals surface area contributed by atoms with Crippen molar-refractivity contribution in [1.29, 1.82) is 0 Å². The fourth-order valence-electron chi connectivity index (χ4n) is 1.94. The number of aryl methyl sites for hydroxylation is 1. The first-order valence-electron chi connectivity index (χ1n) is 6.62. The fourth-order valence-corrected chi connectivity index (χ4v) is 2.03. The smallest absolute Gasteiger partial charge is 0.254 e. The van der Waals surface area contributed by atoms with Crippen molar-refractivity contribution < 1.29 is 4.79 Å². The third kappa shape index (κ3) is 4.31. The predicted octanol–water partition coefficient (Wildman–Crippen LogP) is 2.91. The van der Waals surface area contributed by atoms with Crippen molar-refractivity contribution in [2.75, 3.05) is 6.54 Å². The Labute approximate surface area is 120 Å². The van der Waals surface area contributed by atoms with E-state index in [0.717, 1.165) is 17.5 Å². The zero-order valence-electron chi connectivity index (χ0n) is 11.8. The summed E-state index contributed by atoms with van der Waals surface area (Å²) in [5.41, 5.74) is 7.30. The summed E-state index contributed by atoms with van der Waals surface area (Å²) >= 11 is 4.91. The lowest BCUT2D eigenvalue weighted by Gasteiger charge is -2.29. The first-order valence-corrected chi connectivity index (χ1v) is 7.03. The largest absolute Gasteiger partial charge is 0.393 e. The summed E-state index contributed by atoms with van der Waals surface area (Å²) < 4.78 is 0. The number of carbonyl (C=O) groups excluding carboxylic acids is 1. The first-order chi connectivity index (χ1) is 8.97. The van der Waals surface area contributed by atoms with Gasteiger partial charge in [0, 0.05) is 24.6 Å². The Morgan fingerprint density at radius 2 is 2.05 bits per heavy atom. The van der Waals surface area contributed by atoms with Gasteiger partial charge in [-0.1, -0.05) is 37.3 Å². The minimum absolute atomic E-state index is 0.0590. The molecule has 0 aromatic heterocycles. The van der Waals surface area contributed by atoms with Crippen molar-refractivity contribution in [2.24, 2.45) is 5.73 Å². The molecule has 2 N–H and O–H groups in total. The first kappa shape index (κ1) is 15.6. The number of carbonyl (C=O) groups is 1. The lowest BCUT2D eigenvalue weighted by Crippen LogP contribution is -2.40. The van der Waals surface area contributed by atoms with Gasteiger partial charge in [-0.3, -0.25) is 4.79 Å². The molecule has 0 fully saturated rings. The Morgan fingerprint density at radius 3 is 2.58 bits per heavy atom. The molecule has 0 aliphatic heterocycles. The highest BCUT2D eigenvalue weighted by atomic mass is 32.1. The van der Waals surface area contributed by atoms with E-state index in [9.17, 15) is 4.79 Å². The monoisotopic (exact) mass is 278 g/mol. The molecule has 0 radical (unpaired) electrons. The van der Waals surface area contributed by atoms with E-state index < -0.39 is 0 Å². The molecule has 0 aliphatic carbocycles. The van der Waals surface area contributed by atoms with Crippen molar-refractivity contribution in [1.82, 2.24) is 4.90 Å². The molecule has 0 aliphatic rings. The average molecular weight is 278 g/mol. The second kappa shape index (κ2) is 7.24. The Hall–Kier alpha value is -1.42. The van der Waals surface area contributed by atoms with Gasteiger partial charge in [-0.15, -0.1) is 0 Å². The quantitative estimate of drug-likeness (QED) is 0.814. The second-order valence-corrected chi connectivity index (χ2v) is 5.31. The van der Waals surface area contributed by atoms with Gasteiger partial charge >= 0.3 is 0 Å². The van der Waals surface area contributed by atoms with Gasteiger partial charge < -0.3 is 10.6 Å². The van der Waals surface area contributed by atoms with Crippen LogP contribution < -0.4 is 5.73 Å². The molecule has 4 heteroatoms. The number of hydrogen-bond acceptors (Lipinski definition) is 2. The highest BCUT2D eigenvalue weighted by molar-refractivity contribution is 7.80. The normalized spacial score (nSPS) is 11.9. The van der Waals surface area contributed by atoms with Gasteiger partial charge in [0.2, 0.25) is 0 Å². The zero-order valence-corrected chi connectivity index (χ0v) is 12.7. The number of amides is 1. The molecule has 1 aromatic carbocycles. The van der Waals surface area contributed by atoms with Gasteiger partial charge in [0.1, 0.15) is 0 Å². The molecular weight excluding hydrogens is 256 g/mol. The van der Waals surface area contributed by atoms with Crippen LogP contribution in [-0.2, 0) is 0 Å². The Bertz CT molecular complexity index is 459. The summed E-state index contributed by atoms with van der Waals surface area (Å²) in [4.78, 5) is 14.9. The van der Waals surface area contributed by atoms with Crippen LogP contribution in [0.5, 0.6) is 0 Å². The topological polar surface area (TPSA) is 46.3 Å². The summed E-state index contributed by atoms with van der Waals surface area (Å²) in [6, 6.07) is 7.84. The van der Waals surface area contributed by atoms with E-state index in [-0.39, 0.29) is 11.9 Å². The molecule has 1 rings (SSSR count). The maximum Gasteiger partial charge on any atom is 0.254 e. The third-order valence-corrected chi connectivity index (χ3v) is 3.56. The Kier molecular flexibility index (Phi) is 5.96. The standard InChI is InChI=1S/C15H22N2OS/c1-4-12(3)17(10-9-14(16)19)15(18)13-8-6-5-7-11(13)2/h5-8,12H,4,9-10H2,1-3H3,(H2,16,19). The van der Waals surface area contributed by atoms with Crippen LogP contribution in [-0.4, -0.2) is 28.4 Å². The van der Waals surface area contributed by atoms with Crippen LogP contribution in [0, 0.1) is 6.92 Å². The number of thiocarbonyl (C=S) groups is 1. The maximum atomic E-state index is 12.6. The molecule has 0 saturated carbocycles. The summed E-state index contributed by atoms with van der Waals surface area (Å²) in [5.74, 6) is 0.0590. The number of rotatable bonds is 6. The van der Waals surface area contributed by atoms with Crippen molar-refractivity contribution in [3.63, 3.8) is 0 Å². The van der Waals surface area contributed by atoms with Crippen molar-refractivity contribution in [2.45, 2.75) is 39.7 Å². The van der Waals surface area contributed by atoms with Gasteiger partial charge in [-0.05, 0) is 31.9 Å². The van der Waals surface area contributed by atoms with E-state index in [1.54, 1.807) is 0 Å². The molecule has 19 heavy (non-hydrogen) atoms. The second-order valence-electron chi connectivity index (χ2n) is 4.79. The molecule has 0 heterocycles. The Balaban J connectivity index is 2.94. The number of nitrogens with zero attached hydrogens (tertiary/aromatic N) is 1. The highest BCUT2D eigenvalue weighted by Gasteiger charge is 2.21. The van der Waals surface area contributed by atoms with Gasteiger partial charge in [-0.25, -0.2) is 0 Å². The fraction of sp³-hybridized carbons (Fsp3) is 0.467. The van der Waals surface area contributed by atoms with Gasteiger partial charge in [-0.2, -0.15) is 0 Å². The lowest BCUT2D eigenvalue weighted by molar-refractivity contribution is 0.0693. The summed E-state index contributed by atoms with van der Waals surface area (Å²) in [5, 5.41) is 0. The molecular formula is C15H22N2OS. The highest BCUT2D eigenvalue weighted by Crippen LogP contribution is 2.14. The summed E-state index contributed by atoms with van der Waals surface area (Å²) in [6.45, 7) is 6.66. The van der Waals surface area contributed by atoms with Gasteiger partial charge in [0.15, 0.2) is 0 Å². The maximum absolute atomic E-state index is 12.6. The van der Waals surface area contributed by atoms with Crippen molar-refractivity contribution in [3.8, 4) is 0 Å². The van der Waals surface area contributed by atoms with Crippen LogP contribution in [0.1, 0.15) is 42.6 Å². The van der Waals surface area contributed by atoms with Crippen LogP contribution in [0.3, 0.4) is 0 Å². The van der Waals surface area contributed by atoms with E-state index in [2.05, 4.69) is 13.8 Å². The van der Waals surface area contributed by atoms with Crippen LogP contribution in [0.25, 0.3) is 0 Å². The third-order valence-electron chi connectivity index (χ3n) is 3.36. The van der Waals surface area contributed by atoms with E-state index in [1.807, 2.05) is 36.1 Å². The Morgan fingerprint density at radius 1 is 1.42 bits per heavy atom. The van der Waals surface area contributed by atoms with Gasteiger partial charge in [0.05, 0.1) is 4.99 Å². The zero-order chi connectivity index (χ0) is 14.4. The van der Waals surface area contributed by atoms with Crippen molar-refractivity contribution >= 4 is 23.1 Å². The molecule has 1 aromatic rings. The minimum atomic E-state index is 0.0590. The molecule has 0 bridgehead atoms. The predicted molar refractivity (Wildman–Crippen MR) is 83.4 cm³/mol. The number of hydrogen-bond donors (Lipinski definition) is 1. The van der Waals surface area contributed by atoms with E-state index in [4.69, 9.17) is 18.0 Å². The molecule has 0 saturated heterocycles. The molecule has 1 unspecified atom stereocenters. The van der Waals surface area contributed by atoms with E-state index >= 15 is 0 Å². The van der Waals surface area contributed by atoms with Crippen LogP contribution in [0.2, 0.25) is 0 Å². The number of nitrogens with two attached hydrogens (primary N) is 1. The van der Waals surface area contributed by atoms with E-state index in [1.165, 1.54) is 0 Å². The lowest BCUT2D eigenvalue weighted by atomic mass is 10.1. The molecule has 1 amide bonds. The van der Waals surface area contributed by atoms with Gasteiger partial charge in [0.25, 0.3) is 5.91 Å². The van der Waals surface area contributed by atoms with E-state index in [0.29, 0.717) is 18.0 Å². The number of benzene rings is 1. The van der Waals surface area contributed by atoms with Crippen LogP contribution in [0.15, 0.2) is 24.3 Å². The molecule has 3 nitrogen and oxygen atoms in total. The SMILES string of the molecule is CCC(C)N(CCC(N)=S)C(=O)c1ccccc1C.